The predicted molar refractivity (Wildman–Crippen MR) is 125 cm³/mol. The topological polar surface area (TPSA) is 114 Å². The highest BCUT2D eigenvalue weighted by Gasteiger charge is 2.42. The molecule has 12 heteroatoms. The molecule has 0 aliphatic carbocycles. The maximum Gasteiger partial charge on any atom is 0.328 e. The monoisotopic (exact) mass is 502 g/mol. The second-order valence-corrected chi connectivity index (χ2v) is 8.81. The van der Waals surface area contributed by atoms with Crippen LogP contribution in [-0.2, 0) is 4.79 Å². The van der Waals surface area contributed by atoms with Crippen LogP contribution >= 0.6 is 11.6 Å². The van der Waals surface area contributed by atoms with Crippen LogP contribution in [-0.4, -0.2) is 63.5 Å². The minimum absolute atomic E-state index is 0.0944. The van der Waals surface area contributed by atoms with Gasteiger partial charge in [-0.2, -0.15) is 0 Å². The maximum atomic E-state index is 15.1. The molecule has 182 valence electrons. The van der Waals surface area contributed by atoms with Crippen LogP contribution in [0.3, 0.4) is 0 Å². The molecular formula is C23H21ClF2N6O3. The van der Waals surface area contributed by atoms with Gasteiger partial charge in [-0.25, -0.2) is 18.6 Å². The van der Waals surface area contributed by atoms with Gasteiger partial charge in [-0.15, -0.1) is 0 Å². The number of likely N-dealkylation sites (tertiary alicyclic amines) is 1. The van der Waals surface area contributed by atoms with E-state index < -0.39 is 35.4 Å². The molecule has 35 heavy (non-hydrogen) atoms. The molecule has 0 spiro atoms. The lowest BCUT2D eigenvalue weighted by Crippen LogP contribution is -2.43. The fourth-order valence-corrected chi connectivity index (χ4v) is 4.60. The number of urea groups is 1. The molecule has 3 heterocycles. The quantitative estimate of drug-likeness (QED) is 0.475. The van der Waals surface area contributed by atoms with Crippen molar-refractivity contribution in [1.82, 2.24) is 20.2 Å². The molecule has 9 nitrogen and oxygen atoms in total. The van der Waals surface area contributed by atoms with Gasteiger partial charge in [0.2, 0.25) is 5.91 Å². The number of nitrogens with zero attached hydrogens (tertiary/aromatic N) is 4. The average molecular weight is 503 g/mol. The van der Waals surface area contributed by atoms with Gasteiger partial charge in [0.1, 0.15) is 30.1 Å². The summed E-state index contributed by atoms with van der Waals surface area (Å²) < 4.78 is 30.1. The first-order chi connectivity index (χ1) is 16.8. The summed E-state index contributed by atoms with van der Waals surface area (Å²) in [5, 5.41) is 12.1. The van der Waals surface area contributed by atoms with Crippen LogP contribution < -0.4 is 10.2 Å². The van der Waals surface area contributed by atoms with Crippen LogP contribution in [0.5, 0.6) is 0 Å². The number of aliphatic hydroxyl groups excluding tert-OH is 1. The third kappa shape index (κ3) is 4.32. The predicted octanol–water partition coefficient (Wildman–Crippen LogP) is 3.15. The van der Waals surface area contributed by atoms with Crippen molar-refractivity contribution < 1.29 is 23.5 Å². The Hall–Kier alpha value is -3.57. The minimum Gasteiger partial charge on any atom is -0.391 e. The number of β-amino-alcohol motifs (C(OH)–C–C–N with tert-alkyl or cyclic N) is 1. The van der Waals surface area contributed by atoms with Gasteiger partial charge >= 0.3 is 6.03 Å². The van der Waals surface area contributed by atoms with E-state index in [1.165, 1.54) is 11.2 Å². The SMILES string of the molecule is O=C(C/N=C1\NC(=O)N(c2ccc3[nH]cnc3c2)C1c1c(F)ccc(Cl)c1F)N1CCCC(O)C1. The van der Waals surface area contributed by atoms with E-state index in [0.29, 0.717) is 36.1 Å². The van der Waals surface area contributed by atoms with Gasteiger partial charge in [-0.1, -0.05) is 11.6 Å². The van der Waals surface area contributed by atoms with E-state index in [4.69, 9.17) is 11.6 Å². The van der Waals surface area contributed by atoms with Crippen LogP contribution in [0, 0.1) is 11.6 Å². The molecule has 2 aliphatic rings. The number of H-pyrrole nitrogens is 1. The number of anilines is 1. The Morgan fingerprint density at radius 2 is 2.11 bits per heavy atom. The van der Waals surface area contributed by atoms with Gasteiger partial charge in [0.15, 0.2) is 0 Å². The lowest BCUT2D eigenvalue weighted by Gasteiger charge is -2.29. The molecule has 2 aliphatic heterocycles. The molecule has 3 aromatic rings. The standard InChI is InChI=1S/C23H21ClF2N6O3/c24-14-4-5-15(25)19(20(14)26)21-22(27-9-18(34)31-7-1-2-13(33)10-31)30-23(35)32(21)12-3-6-16-17(8-12)29-11-28-16/h3-6,8,11,13,21,33H,1-2,7,9-10H2,(H,28,29)(H,27,30,35). The molecule has 0 saturated carbocycles. The van der Waals surface area contributed by atoms with E-state index in [1.807, 2.05) is 0 Å². The number of carbonyl (C=O) groups is 2. The fraction of sp³-hybridized carbons (Fsp3) is 0.304. The summed E-state index contributed by atoms with van der Waals surface area (Å²) in [7, 11) is 0. The van der Waals surface area contributed by atoms with E-state index in [2.05, 4.69) is 20.3 Å². The Bertz CT molecular complexity index is 1350. The van der Waals surface area contributed by atoms with Crippen LogP contribution in [0.15, 0.2) is 41.7 Å². The molecule has 0 radical (unpaired) electrons. The number of rotatable bonds is 4. The van der Waals surface area contributed by atoms with Crippen molar-refractivity contribution in [1.29, 1.82) is 0 Å². The Morgan fingerprint density at radius 3 is 2.91 bits per heavy atom. The molecule has 2 saturated heterocycles. The van der Waals surface area contributed by atoms with Crippen molar-refractivity contribution in [3.63, 3.8) is 0 Å². The third-order valence-electron chi connectivity index (χ3n) is 6.14. The smallest absolute Gasteiger partial charge is 0.328 e. The number of nitrogens with one attached hydrogen (secondary N) is 2. The first kappa shape index (κ1) is 23.2. The minimum atomic E-state index is -1.34. The Kier molecular flexibility index (Phi) is 6.12. The van der Waals surface area contributed by atoms with Crippen molar-refractivity contribution in [3.05, 3.63) is 58.9 Å². The number of halogens is 3. The zero-order chi connectivity index (χ0) is 24.7. The van der Waals surface area contributed by atoms with Crippen LogP contribution in [0.25, 0.3) is 11.0 Å². The van der Waals surface area contributed by atoms with Crippen molar-refractivity contribution in [2.75, 3.05) is 24.5 Å². The number of hydrogen-bond donors (Lipinski definition) is 3. The molecule has 3 amide bonds. The van der Waals surface area contributed by atoms with E-state index in [9.17, 15) is 19.1 Å². The Morgan fingerprint density at radius 1 is 1.29 bits per heavy atom. The molecule has 2 atom stereocenters. The molecule has 1 aromatic heterocycles. The van der Waals surface area contributed by atoms with Gasteiger partial charge in [-0.05, 0) is 43.2 Å². The number of imidazole rings is 1. The second kappa shape index (κ2) is 9.23. The summed E-state index contributed by atoms with van der Waals surface area (Å²) >= 11 is 5.94. The van der Waals surface area contributed by atoms with Crippen LogP contribution in [0.2, 0.25) is 5.02 Å². The summed E-state index contributed by atoms with van der Waals surface area (Å²) in [6.45, 7) is 0.297. The number of amides is 3. The van der Waals surface area contributed by atoms with Crippen molar-refractivity contribution >= 4 is 46.1 Å². The number of aromatic amines is 1. The average Bonchev–Trinajstić information content (AvgIpc) is 3.43. The number of hydrogen-bond acceptors (Lipinski definition) is 5. The lowest BCUT2D eigenvalue weighted by atomic mass is 10.0. The zero-order valence-corrected chi connectivity index (χ0v) is 19.1. The van der Waals surface area contributed by atoms with Gasteiger partial charge in [0.05, 0.1) is 34.1 Å². The molecule has 2 aromatic carbocycles. The van der Waals surface area contributed by atoms with Gasteiger partial charge in [-0.3, -0.25) is 20.0 Å². The molecule has 2 fully saturated rings. The van der Waals surface area contributed by atoms with Gasteiger partial charge in [0.25, 0.3) is 0 Å². The second-order valence-electron chi connectivity index (χ2n) is 8.40. The summed E-state index contributed by atoms with van der Waals surface area (Å²) in [5.74, 6) is -2.41. The molecule has 0 bridgehead atoms. The molecule has 5 rings (SSSR count). The normalized spacial score (nSPS) is 21.7. The molecule has 3 N–H and O–H groups in total. The van der Waals surface area contributed by atoms with E-state index in [-0.39, 0.29) is 29.9 Å². The maximum absolute atomic E-state index is 15.1. The third-order valence-corrected chi connectivity index (χ3v) is 6.43. The van der Waals surface area contributed by atoms with E-state index >= 15 is 4.39 Å². The van der Waals surface area contributed by atoms with E-state index in [1.54, 1.807) is 18.2 Å². The molecular weight excluding hydrogens is 482 g/mol. The largest absolute Gasteiger partial charge is 0.391 e. The lowest BCUT2D eigenvalue weighted by molar-refractivity contribution is -0.132. The summed E-state index contributed by atoms with van der Waals surface area (Å²) in [4.78, 5) is 39.7. The number of aliphatic hydroxyl groups is 1. The Labute approximate surface area is 203 Å². The van der Waals surface area contributed by atoms with Gasteiger partial charge < -0.3 is 15.0 Å². The number of benzene rings is 2. The number of piperidine rings is 1. The van der Waals surface area contributed by atoms with Crippen LogP contribution in [0.4, 0.5) is 19.3 Å². The van der Waals surface area contributed by atoms with Gasteiger partial charge in [0, 0.05) is 18.8 Å². The van der Waals surface area contributed by atoms with E-state index in [0.717, 1.165) is 17.0 Å². The highest BCUT2D eigenvalue weighted by atomic mass is 35.5. The van der Waals surface area contributed by atoms with Crippen molar-refractivity contribution in [3.8, 4) is 0 Å². The fourth-order valence-electron chi connectivity index (χ4n) is 4.43. The first-order valence-electron chi connectivity index (χ1n) is 11.0. The first-order valence-corrected chi connectivity index (χ1v) is 11.4. The number of amidine groups is 1. The van der Waals surface area contributed by atoms with Crippen LogP contribution in [0.1, 0.15) is 24.4 Å². The number of aliphatic imine (C=N–C) groups is 1. The summed E-state index contributed by atoms with van der Waals surface area (Å²) in [5.41, 5.74) is 1.11. The number of carbonyl (C=O) groups excluding carboxylic acids is 2. The summed E-state index contributed by atoms with van der Waals surface area (Å²) in [6.07, 6.45) is 2.15. The number of aromatic nitrogens is 2. The summed E-state index contributed by atoms with van der Waals surface area (Å²) in [6, 6.07) is 4.98. The highest BCUT2D eigenvalue weighted by Crippen LogP contribution is 2.37. The molecule has 2 unspecified atom stereocenters. The Balaban J connectivity index is 1.55. The van der Waals surface area contributed by atoms with Crippen molar-refractivity contribution in [2.45, 2.75) is 25.0 Å². The zero-order valence-electron chi connectivity index (χ0n) is 18.3. The van der Waals surface area contributed by atoms with Crippen molar-refractivity contribution in [2.24, 2.45) is 4.99 Å². The highest BCUT2D eigenvalue weighted by molar-refractivity contribution is 6.31. The number of fused-ring (bicyclic) bond motifs is 1.